The third-order valence-corrected chi connectivity index (χ3v) is 7.66. The molecule has 0 amide bonds. The van der Waals surface area contributed by atoms with Gasteiger partial charge in [-0.25, -0.2) is 0 Å². The molecule has 0 aliphatic carbocycles. The van der Waals surface area contributed by atoms with E-state index in [0.29, 0.717) is 0 Å². The first-order valence-electron chi connectivity index (χ1n) is 7.71. The van der Waals surface area contributed by atoms with Crippen LogP contribution in [0, 0.1) is 0 Å². The summed E-state index contributed by atoms with van der Waals surface area (Å²) in [5.41, 5.74) is 1.12. The van der Waals surface area contributed by atoms with Gasteiger partial charge in [0, 0.05) is 14.2 Å². The fourth-order valence-electron chi connectivity index (χ4n) is 2.62. The van der Waals surface area contributed by atoms with E-state index >= 15 is 0 Å². The molecular weight excluding hydrogens is 278 g/mol. The monoisotopic (exact) mass is 307 g/mol. The van der Waals surface area contributed by atoms with Crippen molar-refractivity contribution < 1.29 is 8.85 Å². The molecule has 0 fully saturated rings. The number of hydrogen-bond acceptors (Lipinski definition) is 3. The van der Waals surface area contributed by atoms with Crippen LogP contribution in [0.25, 0.3) is 6.08 Å². The zero-order valence-corrected chi connectivity index (χ0v) is 14.9. The Morgan fingerprint density at radius 2 is 1.67 bits per heavy atom. The van der Waals surface area contributed by atoms with Crippen molar-refractivity contribution in [3.63, 3.8) is 0 Å². The summed E-state index contributed by atoms with van der Waals surface area (Å²) in [7, 11) is 1.24. The summed E-state index contributed by atoms with van der Waals surface area (Å²) in [4.78, 5) is 2.44. The number of benzene rings is 1. The molecule has 1 aromatic rings. The van der Waals surface area contributed by atoms with Crippen molar-refractivity contribution in [3.05, 3.63) is 36.4 Å². The normalized spacial score (nSPS) is 11.9. The lowest BCUT2D eigenvalue weighted by atomic mass is 10.2. The van der Waals surface area contributed by atoms with Gasteiger partial charge in [0.25, 0.3) is 0 Å². The molecule has 118 valence electrons. The van der Waals surface area contributed by atoms with Crippen LogP contribution in [0.4, 0.5) is 0 Å². The summed E-state index contributed by atoms with van der Waals surface area (Å²) >= 11 is 0. The molecular formula is C17H29NO2Si. The lowest BCUT2D eigenvalue weighted by Crippen LogP contribution is -2.52. The molecule has 0 aliphatic rings. The first-order valence-corrected chi connectivity index (χ1v) is 9.73. The Kier molecular flexibility index (Phi) is 7.89. The maximum Gasteiger partial charge on any atom is 0.372 e. The second-order valence-electron chi connectivity index (χ2n) is 5.12. The van der Waals surface area contributed by atoms with Crippen molar-refractivity contribution >= 4 is 19.8 Å². The van der Waals surface area contributed by atoms with Crippen molar-refractivity contribution in [1.82, 2.24) is 4.90 Å². The molecule has 21 heavy (non-hydrogen) atoms. The van der Waals surface area contributed by atoms with Crippen LogP contribution in [0.3, 0.4) is 0 Å². The quantitative estimate of drug-likeness (QED) is 0.620. The Labute approximate surface area is 130 Å². The molecule has 0 aromatic heterocycles. The summed E-state index contributed by atoms with van der Waals surface area (Å²) < 4.78 is 11.7. The second kappa shape index (κ2) is 9.15. The second-order valence-corrected chi connectivity index (χ2v) is 8.52. The molecule has 0 heterocycles. The average Bonchev–Trinajstić information content (AvgIpc) is 2.56. The molecule has 1 rings (SSSR count). The topological polar surface area (TPSA) is 21.7 Å². The Bertz CT molecular complexity index is 411. The number of rotatable bonds is 10. The van der Waals surface area contributed by atoms with E-state index in [4.69, 9.17) is 8.85 Å². The predicted molar refractivity (Wildman–Crippen MR) is 93.2 cm³/mol. The lowest BCUT2D eigenvalue weighted by molar-refractivity contribution is 0.249. The van der Waals surface area contributed by atoms with E-state index in [2.05, 4.69) is 49.6 Å². The molecule has 0 saturated heterocycles. The molecule has 0 spiro atoms. The van der Waals surface area contributed by atoms with Crippen LogP contribution in [0.2, 0.25) is 6.04 Å². The standard InChI is InChI=1S/C17H29NO2Si/c1-6-16-10-12-17(13-11-16)21(19-4,20-5)15-9-14-18(7-2)8-3/h6,10-13H,1,7-9,14-15H2,2-5H3. The van der Waals surface area contributed by atoms with Gasteiger partial charge in [-0.05, 0) is 42.8 Å². The average molecular weight is 308 g/mol. The molecule has 0 atom stereocenters. The van der Waals surface area contributed by atoms with Crippen molar-refractivity contribution in [2.24, 2.45) is 0 Å². The highest BCUT2D eigenvalue weighted by Crippen LogP contribution is 2.16. The Morgan fingerprint density at radius 3 is 2.10 bits per heavy atom. The van der Waals surface area contributed by atoms with Crippen LogP contribution >= 0.6 is 0 Å². The third-order valence-electron chi connectivity index (χ3n) is 4.12. The van der Waals surface area contributed by atoms with Gasteiger partial charge in [0.15, 0.2) is 0 Å². The Hall–Kier alpha value is -0.943. The van der Waals surface area contributed by atoms with Crippen LogP contribution in [0.1, 0.15) is 25.8 Å². The van der Waals surface area contributed by atoms with Crippen LogP contribution in [-0.4, -0.2) is 47.3 Å². The smallest absolute Gasteiger partial charge is 0.372 e. The molecule has 0 aliphatic heterocycles. The lowest BCUT2D eigenvalue weighted by Gasteiger charge is -2.29. The van der Waals surface area contributed by atoms with Crippen molar-refractivity contribution in [2.75, 3.05) is 33.9 Å². The number of nitrogens with zero attached hydrogens (tertiary/aromatic N) is 1. The van der Waals surface area contributed by atoms with Gasteiger partial charge in [-0.1, -0.05) is 50.8 Å². The summed E-state index contributed by atoms with van der Waals surface area (Å²) in [6, 6.07) is 9.37. The predicted octanol–water partition coefficient (Wildman–Crippen LogP) is 3.00. The first kappa shape index (κ1) is 18.1. The minimum atomic E-state index is -2.31. The van der Waals surface area contributed by atoms with E-state index < -0.39 is 8.56 Å². The fraction of sp³-hybridized carbons (Fsp3) is 0.529. The van der Waals surface area contributed by atoms with Gasteiger partial charge < -0.3 is 13.8 Å². The van der Waals surface area contributed by atoms with Crippen LogP contribution in [0.5, 0.6) is 0 Å². The summed E-state index contributed by atoms with van der Waals surface area (Å²) in [5, 5.41) is 1.19. The van der Waals surface area contributed by atoms with Crippen LogP contribution < -0.4 is 5.19 Å². The third kappa shape index (κ3) is 4.78. The maximum atomic E-state index is 5.87. The van der Waals surface area contributed by atoms with E-state index in [1.54, 1.807) is 14.2 Å². The van der Waals surface area contributed by atoms with Crippen molar-refractivity contribution in [3.8, 4) is 0 Å². The van der Waals surface area contributed by atoms with E-state index in [9.17, 15) is 0 Å². The fourth-order valence-corrected chi connectivity index (χ4v) is 5.25. The SMILES string of the molecule is C=Cc1ccc([Si](CCCN(CC)CC)(OC)OC)cc1. The van der Waals surface area contributed by atoms with Gasteiger partial charge in [-0.15, -0.1) is 0 Å². The minimum Gasteiger partial charge on any atom is -0.394 e. The van der Waals surface area contributed by atoms with E-state index in [1.807, 2.05) is 6.08 Å². The molecule has 0 bridgehead atoms. The van der Waals surface area contributed by atoms with Crippen LogP contribution in [0.15, 0.2) is 30.8 Å². The van der Waals surface area contributed by atoms with Gasteiger partial charge >= 0.3 is 8.56 Å². The molecule has 0 radical (unpaired) electrons. The zero-order valence-electron chi connectivity index (χ0n) is 13.9. The molecule has 0 N–H and O–H groups in total. The van der Waals surface area contributed by atoms with Crippen molar-refractivity contribution in [2.45, 2.75) is 26.3 Å². The van der Waals surface area contributed by atoms with E-state index in [-0.39, 0.29) is 0 Å². The van der Waals surface area contributed by atoms with E-state index in [0.717, 1.165) is 37.7 Å². The van der Waals surface area contributed by atoms with Gasteiger partial charge in [0.2, 0.25) is 0 Å². The molecule has 0 saturated carbocycles. The highest BCUT2D eigenvalue weighted by Gasteiger charge is 2.37. The summed E-state index contributed by atoms with van der Waals surface area (Å²) in [6.07, 6.45) is 2.95. The molecule has 1 aromatic carbocycles. The van der Waals surface area contributed by atoms with E-state index in [1.165, 1.54) is 5.19 Å². The van der Waals surface area contributed by atoms with Crippen LogP contribution in [-0.2, 0) is 8.85 Å². The summed E-state index contributed by atoms with van der Waals surface area (Å²) in [6.45, 7) is 11.5. The highest BCUT2D eigenvalue weighted by atomic mass is 28.4. The van der Waals surface area contributed by atoms with Crippen molar-refractivity contribution in [1.29, 1.82) is 0 Å². The van der Waals surface area contributed by atoms with Gasteiger partial charge in [-0.2, -0.15) is 0 Å². The first-order chi connectivity index (χ1) is 10.2. The van der Waals surface area contributed by atoms with Gasteiger partial charge in [0.05, 0.1) is 0 Å². The minimum absolute atomic E-state index is 0.976. The Morgan fingerprint density at radius 1 is 1.10 bits per heavy atom. The van der Waals surface area contributed by atoms with Gasteiger partial charge in [0.1, 0.15) is 0 Å². The highest BCUT2D eigenvalue weighted by molar-refractivity contribution is 6.81. The zero-order chi connectivity index (χ0) is 15.7. The molecule has 3 nitrogen and oxygen atoms in total. The molecule has 0 unspecified atom stereocenters. The molecule has 4 heteroatoms. The maximum absolute atomic E-state index is 5.87. The number of hydrogen-bond donors (Lipinski definition) is 0. The largest absolute Gasteiger partial charge is 0.394 e. The Balaban J connectivity index is 2.79. The summed E-state index contributed by atoms with van der Waals surface area (Å²) in [5.74, 6) is 0. The van der Waals surface area contributed by atoms with Gasteiger partial charge in [-0.3, -0.25) is 0 Å².